The Morgan fingerprint density at radius 1 is 1.40 bits per heavy atom. The van der Waals surface area contributed by atoms with Gasteiger partial charge in [-0.15, -0.1) is 0 Å². The summed E-state index contributed by atoms with van der Waals surface area (Å²) in [4.78, 5) is 19.5. The molecular formula is C17H21F2N5O. The van der Waals surface area contributed by atoms with Crippen LogP contribution in [0.15, 0.2) is 30.7 Å². The van der Waals surface area contributed by atoms with Crippen molar-refractivity contribution in [2.75, 3.05) is 20.1 Å². The van der Waals surface area contributed by atoms with Crippen molar-refractivity contribution in [2.45, 2.75) is 25.2 Å². The fourth-order valence-corrected chi connectivity index (χ4v) is 3.22. The fraction of sp³-hybridized carbons (Fsp3) is 0.471. The van der Waals surface area contributed by atoms with Gasteiger partial charge in [0.25, 0.3) is 5.91 Å². The number of amides is 1. The van der Waals surface area contributed by atoms with Crippen LogP contribution in [0.3, 0.4) is 0 Å². The number of aryl methyl sites for hydroxylation is 1. The number of alkyl halides is 1. The summed E-state index contributed by atoms with van der Waals surface area (Å²) in [7, 11) is 3.45. The number of carbonyl (C=O) groups is 1. The number of halogens is 2. The van der Waals surface area contributed by atoms with E-state index in [4.69, 9.17) is 0 Å². The van der Waals surface area contributed by atoms with Gasteiger partial charge in [-0.2, -0.15) is 5.10 Å². The number of hydrogen-bond donors (Lipinski definition) is 0. The summed E-state index contributed by atoms with van der Waals surface area (Å²) in [5.74, 6) is -1.08. The summed E-state index contributed by atoms with van der Waals surface area (Å²) < 4.78 is 29.5. The molecule has 0 N–H and O–H groups in total. The van der Waals surface area contributed by atoms with Crippen LogP contribution in [0.25, 0.3) is 0 Å². The Balaban J connectivity index is 1.68. The van der Waals surface area contributed by atoms with Crippen LogP contribution < -0.4 is 0 Å². The Hall–Kier alpha value is -2.35. The van der Waals surface area contributed by atoms with Crippen molar-refractivity contribution >= 4 is 5.91 Å². The minimum Gasteiger partial charge on any atom is -0.340 e. The zero-order valence-corrected chi connectivity index (χ0v) is 14.3. The minimum absolute atomic E-state index is 0.0227. The maximum absolute atomic E-state index is 14.0. The van der Waals surface area contributed by atoms with Gasteiger partial charge >= 0.3 is 0 Å². The molecular weight excluding hydrogens is 328 g/mol. The maximum Gasteiger partial charge on any atom is 0.256 e. The van der Waals surface area contributed by atoms with Crippen molar-refractivity contribution in [3.8, 4) is 0 Å². The predicted octanol–water partition coefficient (Wildman–Crippen LogP) is 1.64. The zero-order valence-electron chi connectivity index (χ0n) is 14.3. The number of likely N-dealkylation sites (N-methyl/N-ethyl adjacent to an activating group) is 1. The molecule has 0 aliphatic carbocycles. The number of nitrogens with zero attached hydrogens (tertiary/aromatic N) is 5. The molecule has 0 unspecified atom stereocenters. The number of rotatable bonds is 5. The largest absolute Gasteiger partial charge is 0.340 e. The molecule has 1 fully saturated rings. The van der Waals surface area contributed by atoms with E-state index >= 15 is 0 Å². The lowest BCUT2D eigenvalue weighted by molar-refractivity contribution is 0.0744. The lowest BCUT2D eigenvalue weighted by atomic mass is 10.1. The van der Waals surface area contributed by atoms with Crippen LogP contribution in [-0.2, 0) is 13.6 Å². The maximum atomic E-state index is 14.0. The number of aromatic nitrogens is 3. The smallest absolute Gasteiger partial charge is 0.256 e. The van der Waals surface area contributed by atoms with Gasteiger partial charge in [-0.25, -0.2) is 8.78 Å². The SMILES string of the molecule is CN(C[C@@H]1C[C@H](F)CN1Cc1ccnn1C)C(=O)c1ccncc1F. The predicted molar refractivity (Wildman–Crippen MR) is 88.1 cm³/mol. The molecule has 3 rings (SSSR count). The van der Waals surface area contributed by atoms with Gasteiger partial charge < -0.3 is 4.90 Å². The lowest BCUT2D eigenvalue weighted by Gasteiger charge is -2.28. The van der Waals surface area contributed by atoms with Crippen LogP contribution in [0, 0.1) is 5.82 Å². The van der Waals surface area contributed by atoms with Crippen molar-refractivity contribution in [1.29, 1.82) is 0 Å². The molecule has 2 aromatic heterocycles. The summed E-state index contributed by atoms with van der Waals surface area (Å²) in [6, 6.07) is 3.13. The molecule has 2 aromatic rings. The monoisotopic (exact) mass is 349 g/mol. The topological polar surface area (TPSA) is 54.3 Å². The first-order chi connectivity index (χ1) is 12.0. The molecule has 0 bridgehead atoms. The molecule has 1 aliphatic rings. The quantitative estimate of drug-likeness (QED) is 0.824. The van der Waals surface area contributed by atoms with Gasteiger partial charge in [0.1, 0.15) is 6.17 Å². The molecule has 0 radical (unpaired) electrons. The average molecular weight is 349 g/mol. The number of pyridine rings is 1. The van der Waals surface area contributed by atoms with Crippen LogP contribution in [0.1, 0.15) is 22.5 Å². The van der Waals surface area contributed by atoms with E-state index in [9.17, 15) is 13.6 Å². The average Bonchev–Trinajstić information content (AvgIpc) is 3.13. The fourth-order valence-electron chi connectivity index (χ4n) is 3.22. The summed E-state index contributed by atoms with van der Waals surface area (Å²) in [5, 5.41) is 4.13. The molecule has 3 heterocycles. The first-order valence-electron chi connectivity index (χ1n) is 8.15. The highest BCUT2D eigenvalue weighted by Crippen LogP contribution is 2.23. The van der Waals surface area contributed by atoms with Crippen molar-refractivity contribution in [3.05, 3.63) is 47.8 Å². The summed E-state index contributed by atoms with van der Waals surface area (Å²) >= 11 is 0. The standard InChI is InChI=1S/C17H21F2N5O/c1-22(17(25)15-4-5-20-8-16(15)19)10-14-7-12(18)9-24(14)11-13-3-6-21-23(13)2/h3-6,8,12,14H,7,9-11H2,1-2H3/t12-,14-/m0/s1. The van der Waals surface area contributed by atoms with Gasteiger partial charge in [-0.05, 0) is 18.6 Å². The highest BCUT2D eigenvalue weighted by atomic mass is 19.1. The molecule has 2 atom stereocenters. The van der Waals surface area contributed by atoms with E-state index in [1.165, 1.54) is 17.2 Å². The summed E-state index contributed by atoms with van der Waals surface area (Å²) in [5.41, 5.74) is 0.957. The third-order valence-electron chi connectivity index (χ3n) is 4.60. The molecule has 0 spiro atoms. The van der Waals surface area contributed by atoms with Gasteiger partial charge in [-0.1, -0.05) is 0 Å². The van der Waals surface area contributed by atoms with Crippen LogP contribution in [0.4, 0.5) is 8.78 Å². The second-order valence-corrected chi connectivity index (χ2v) is 6.40. The van der Waals surface area contributed by atoms with E-state index in [2.05, 4.69) is 10.1 Å². The Kier molecular flexibility index (Phi) is 5.08. The second kappa shape index (κ2) is 7.26. The Bertz CT molecular complexity index is 750. The normalized spacial score (nSPS) is 20.8. The van der Waals surface area contributed by atoms with Crippen molar-refractivity contribution in [1.82, 2.24) is 24.6 Å². The molecule has 8 heteroatoms. The summed E-state index contributed by atoms with van der Waals surface area (Å²) in [6.45, 7) is 1.22. The van der Waals surface area contributed by atoms with E-state index in [1.807, 2.05) is 18.0 Å². The van der Waals surface area contributed by atoms with E-state index in [1.54, 1.807) is 17.9 Å². The summed E-state index contributed by atoms with van der Waals surface area (Å²) in [6.07, 6.45) is 3.53. The van der Waals surface area contributed by atoms with Crippen LogP contribution in [0.2, 0.25) is 0 Å². The van der Waals surface area contributed by atoms with E-state index in [0.29, 0.717) is 26.1 Å². The Morgan fingerprint density at radius 3 is 2.88 bits per heavy atom. The Morgan fingerprint density at radius 2 is 2.20 bits per heavy atom. The molecule has 0 aromatic carbocycles. The first kappa shape index (κ1) is 17.5. The molecule has 1 amide bonds. The molecule has 134 valence electrons. The number of hydrogen-bond acceptors (Lipinski definition) is 4. The highest BCUT2D eigenvalue weighted by molar-refractivity contribution is 5.94. The Labute approximate surface area is 145 Å². The zero-order chi connectivity index (χ0) is 18.0. The molecule has 0 saturated carbocycles. The number of likely N-dealkylation sites (tertiary alicyclic amines) is 1. The van der Waals surface area contributed by atoms with E-state index in [0.717, 1.165) is 11.9 Å². The third kappa shape index (κ3) is 3.84. The molecule has 1 aliphatic heterocycles. The van der Waals surface area contributed by atoms with Gasteiger partial charge in [0, 0.05) is 52.2 Å². The second-order valence-electron chi connectivity index (χ2n) is 6.40. The van der Waals surface area contributed by atoms with Gasteiger partial charge in [0.15, 0.2) is 5.82 Å². The van der Waals surface area contributed by atoms with Crippen LogP contribution >= 0.6 is 0 Å². The van der Waals surface area contributed by atoms with E-state index in [-0.39, 0.29) is 11.6 Å². The van der Waals surface area contributed by atoms with Crippen molar-refractivity contribution in [3.63, 3.8) is 0 Å². The van der Waals surface area contributed by atoms with Crippen LogP contribution in [0.5, 0.6) is 0 Å². The lowest BCUT2D eigenvalue weighted by Crippen LogP contribution is -2.41. The van der Waals surface area contributed by atoms with Crippen LogP contribution in [-0.4, -0.2) is 62.8 Å². The molecule has 6 nitrogen and oxygen atoms in total. The third-order valence-corrected chi connectivity index (χ3v) is 4.60. The molecule has 1 saturated heterocycles. The number of carbonyl (C=O) groups excluding carboxylic acids is 1. The van der Waals surface area contributed by atoms with Gasteiger partial charge in [0.05, 0.1) is 17.5 Å². The highest BCUT2D eigenvalue weighted by Gasteiger charge is 2.34. The van der Waals surface area contributed by atoms with Gasteiger partial charge in [0.2, 0.25) is 0 Å². The van der Waals surface area contributed by atoms with E-state index < -0.39 is 17.9 Å². The van der Waals surface area contributed by atoms with Gasteiger partial charge in [-0.3, -0.25) is 19.4 Å². The first-order valence-corrected chi connectivity index (χ1v) is 8.15. The minimum atomic E-state index is -0.931. The van der Waals surface area contributed by atoms with Crippen molar-refractivity contribution in [2.24, 2.45) is 7.05 Å². The molecule has 25 heavy (non-hydrogen) atoms. The van der Waals surface area contributed by atoms with Crippen molar-refractivity contribution < 1.29 is 13.6 Å².